The maximum atomic E-state index is 12.9. The lowest BCUT2D eigenvalue weighted by Crippen LogP contribution is -2.30. The van der Waals surface area contributed by atoms with Crippen LogP contribution in [0, 0.1) is 0 Å². The Morgan fingerprint density at radius 1 is 1.17 bits per heavy atom. The van der Waals surface area contributed by atoms with E-state index in [4.69, 9.17) is 16.3 Å². The molecule has 0 saturated carbocycles. The fraction of sp³-hybridized carbons (Fsp3) is 0.261. The number of nitrogens with zero attached hydrogens (tertiary/aromatic N) is 1. The number of carbonyl (C=O) groups is 3. The lowest BCUT2D eigenvalue weighted by Gasteiger charge is -2.25. The van der Waals surface area contributed by atoms with E-state index in [0.29, 0.717) is 34.9 Å². The largest absolute Gasteiger partial charge is 0.507 e. The molecule has 1 heterocycles. The number of benzene rings is 2. The first-order chi connectivity index (χ1) is 14.3. The maximum Gasteiger partial charge on any atom is 0.308 e. The van der Waals surface area contributed by atoms with Crippen molar-refractivity contribution >= 4 is 35.0 Å². The summed E-state index contributed by atoms with van der Waals surface area (Å²) in [4.78, 5) is 38.3. The highest BCUT2D eigenvalue weighted by Gasteiger charge is 2.45. The fourth-order valence-electron chi connectivity index (χ4n) is 3.46. The standard InChI is InChI=1S/C23H22ClNO5/c1-3-4-12-25-20(15-8-10-18(11-9-15)30-14(2)26)19(22(28)23(25)29)21(27)16-6-5-7-17(24)13-16/h5-11,13,20,27H,3-4,12H2,1-2H3/b21-19-. The number of esters is 1. The minimum Gasteiger partial charge on any atom is -0.507 e. The first kappa shape index (κ1) is 21.6. The summed E-state index contributed by atoms with van der Waals surface area (Å²) in [5, 5.41) is 11.3. The third-order valence-corrected chi connectivity index (χ3v) is 5.08. The van der Waals surface area contributed by atoms with Gasteiger partial charge in [-0.3, -0.25) is 14.4 Å². The van der Waals surface area contributed by atoms with Crippen LogP contribution < -0.4 is 4.74 Å². The van der Waals surface area contributed by atoms with Gasteiger partial charge in [0.05, 0.1) is 11.6 Å². The number of aliphatic hydroxyl groups excluding tert-OH is 1. The van der Waals surface area contributed by atoms with Crippen LogP contribution >= 0.6 is 11.6 Å². The van der Waals surface area contributed by atoms with E-state index < -0.39 is 23.7 Å². The minimum atomic E-state index is -0.748. The molecule has 1 amide bonds. The monoisotopic (exact) mass is 427 g/mol. The fourth-order valence-corrected chi connectivity index (χ4v) is 3.65. The highest BCUT2D eigenvalue weighted by Crippen LogP contribution is 2.40. The van der Waals surface area contributed by atoms with Crippen molar-refractivity contribution < 1.29 is 24.2 Å². The number of Topliss-reactive ketones (excluding diaryl/α,β-unsaturated/α-hetero) is 1. The van der Waals surface area contributed by atoms with Gasteiger partial charge >= 0.3 is 5.97 Å². The molecule has 1 N–H and O–H groups in total. The Kier molecular flexibility index (Phi) is 6.57. The predicted molar refractivity (Wildman–Crippen MR) is 113 cm³/mol. The number of halogens is 1. The predicted octanol–water partition coefficient (Wildman–Crippen LogP) is 4.49. The summed E-state index contributed by atoms with van der Waals surface area (Å²) in [6, 6.07) is 12.3. The molecule has 30 heavy (non-hydrogen) atoms. The molecule has 1 aliphatic heterocycles. The molecular weight excluding hydrogens is 406 g/mol. The number of hydrogen-bond donors (Lipinski definition) is 1. The molecular formula is C23H22ClNO5. The highest BCUT2D eigenvalue weighted by molar-refractivity contribution is 6.46. The van der Waals surface area contributed by atoms with Gasteiger partial charge in [0.2, 0.25) is 0 Å². The zero-order valence-electron chi connectivity index (χ0n) is 16.7. The molecule has 1 saturated heterocycles. The number of likely N-dealkylation sites (tertiary alicyclic amines) is 1. The van der Waals surface area contributed by atoms with E-state index in [2.05, 4.69) is 0 Å². The summed E-state index contributed by atoms with van der Waals surface area (Å²) in [5.41, 5.74) is 1.00. The first-order valence-corrected chi connectivity index (χ1v) is 10.0. The quantitative estimate of drug-likeness (QED) is 0.241. The number of rotatable bonds is 6. The van der Waals surface area contributed by atoms with Gasteiger partial charge in [-0.1, -0.05) is 49.2 Å². The number of hydrogen-bond acceptors (Lipinski definition) is 5. The number of ketones is 1. The van der Waals surface area contributed by atoms with Crippen LogP contribution in [0.4, 0.5) is 0 Å². The summed E-state index contributed by atoms with van der Waals surface area (Å²) in [5.74, 6) is -1.76. The second-order valence-electron chi connectivity index (χ2n) is 7.02. The molecule has 0 radical (unpaired) electrons. The van der Waals surface area contributed by atoms with Crippen LogP contribution in [-0.4, -0.2) is 34.2 Å². The van der Waals surface area contributed by atoms with Gasteiger partial charge in [0, 0.05) is 24.1 Å². The Hall–Kier alpha value is -3.12. The molecule has 2 aromatic rings. The number of aliphatic hydroxyl groups is 1. The topological polar surface area (TPSA) is 83.9 Å². The molecule has 1 aliphatic rings. The molecule has 7 heteroatoms. The highest BCUT2D eigenvalue weighted by atomic mass is 35.5. The lowest BCUT2D eigenvalue weighted by atomic mass is 9.95. The van der Waals surface area contributed by atoms with Gasteiger partial charge in [0.25, 0.3) is 11.7 Å². The Morgan fingerprint density at radius 2 is 1.87 bits per heavy atom. The van der Waals surface area contributed by atoms with Gasteiger partial charge in [-0.2, -0.15) is 0 Å². The lowest BCUT2D eigenvalue weighted by molar-refractivity contribution is -0.139. The van der Waals surface area contributed by atoms with Crippen LogP contribution in [0.25, 0.3) is 5.76 Å². The third-order valence-electron chi connectivity index (χ3n) is 4.85. The average molecular weight is 428 g/mol. The van der Waals surface area contributed by atoms with Crippen molar-refractivity contribution in [2.45, 2.75) is 32.7 Å². The SMILES string of the molecule is CCCCN1C(=O)C(=O)/C(=C(\O)c2cccc(Cl)c2)C1c1ccc(OC(C)=O)cc1. The van der Waals surface area contributed by atoms with Gasteiger partial charge in [-0.15, -0.1) is 0 Å². The Bertz CT molecular complexity index is 1010. The van der Waals surface area contributed by atoms with E-state index in [9.17, 15) is 19.5 Å². The Balaban J connectivity index is 2.11. The molecule has 0 spiro atoms. The number of ether oxygens (including phenoxy) is 1. The molecule has 3 rings (SSSR count). The molecule has 156 valence electrons. The van der Waals surface area contributed by atoms with Gasteiger partial charge in [0.15, 0.2) is 0 Å². The first-order valence-electron chi connectivity index (χ1n) is 9.66. The summed E-state index contributed by atoms with van der Waals surface area (Å²) < 4.78 is 5.06. The third kappa shape index (κ3) is 4.39. The molecule has 1 atom stereocenters. The second kappa shape index (κ2) is 9.13. The zero-order valence-corrected chi connectivity index (χ0v) is 17.5. The van der Waals surface area contributed by atoms with Crippen molar-refractivity contribution in [3.63, 3.8) is 0 Å². The molecule has 1 unspecified atom stereocenters. The van der Waals surface area contributed by atoms with Crippen molar-refractivity contribution in [2.75, 3.05) is 6.54 Å². The molecule has 0 bridgehead atoms. The average Bonchev–Trinajstić information content (AvgIpc) is 2.96. The van der Waals surface area contributed by atoms with Crippen molar-refractivity contribution in [3.8, 4) is 5.75 Å². The van der Waals surface area contributed by atoms with Crippen LogP contribution in [0.5, 0.6) is 5.75 Å². The van der Waals surface area contributed by atoms with Gasteiger partial charge < -0.3 is 14.7 Å². The van der Waals surface area contributed by atoms with Crippen molar-refractivity contribution in [1.29, 1.82) is 0 Å². The zero-order chi connectivity index (χ0) is 21.8. The Labute approximate surface area is 179 Å². The smallest absolute Gasteiger partial charge is 0.308 e. The molecule has 0 aliphatic carbocycles. The number of amides is 1. The summed E-state index contributed by atoms with van der Waals surface area (Å²) in [6.45, 7) is 3.67. The molecule has 6 nitrogen and oxygen atoms in total. The maximum absolute atomic E-state index is 12.9. The van der Waals surface area contributed by atoms with Crippen molar-refractivity contribution in [2.24, 2.45) is 0 Å². The van der Waals surface area contributed by atoms with Crippen molar-refractivity contribution in [1.82, 2.24) is 4.90 Å². The van der Waals surface area contributed by atoms with E-state index in [1.54, 1.807) is 42.5 Å². The summed E-state index contributed by atoms with van der Waals surface area (Å²) >= 11 is 6.03. The molecule has 1 fully saturated rings. The van der Waals surface area contributed by atoms with E-state index >= 15 is 0 Å². The van der Waals surface area contributed by atoms with Crippen molar-refractivity contribution in [3.05, 3.63) is 70.3 Å². The van der Waals surface area contributed by atoms with Crippen LogP contribution in [-0.2, 0) is 14.4 Å². The van der Waals surface area contributed by atoms with Gasteiger partial charge in [0.1, 0.15) is 11.5 Å². The number of carbonyl (C=O) groups excluding carboxylic acids is 3. The Morgan fingerprint density at radius 3 is 2.47 bits per heavy atom. The summed E-state index contributed by atoms with van der Waals surface area (Å²) in [6.07, 6.45) is 1.56. The van der Waals surface area contributed by atoms with Crippen LogP contribution in [0.2, 0.25) is 5.02 Å². The normalized spacial score (nSPS) is 18.0. The molecule has 2 aromatic carbocycles. The van der Waals surface area contributed by atoms with Crippen LogP contribution in [0.1, 0.15) is 43.9 Å². The van der Waals surface area contributed by atoms with E-state index in [1.807, 2.05) is 6.92 Å². The number of unbranched alkanes of at least 4 members (excludes halogenated alkanes) is 1. The molecule has 0 aromatic heterocycles. The second-order valence-corrected chi connectivity index (χ2v) is 7.46. The minimum absolute atomic E-state index is 0.0126. The van der Waals surface area contributed by atoms with Crippen LogP contribution in [0.3, 0.4) is 0 Å². The van der Waals surface area contributed by atoms with Gasteiger partial charge in [-0.25, -0.2) is 0 Å². The van der Waals surface area contributed by atoms with Crippen LogP contribution in [0.15, 0.2) is 54.1 Å². The van der Waals surface area contributed by atoms with E-state index in [1.165, 1.54) is 17.9 Å². The summed E-state index contributed by atoms with van der Waals surface area (Å²) in [7, 11) is 0. The van der Waals surface area contributed by atoms with E-state index in [0.717, 1.165) is 6.42 Å². The van der Waals surface area contributed by atoms with Gasteiger partial charge in [-0.05, 0) is 36.2 Å². The van der Waals surface area contributed by atoms with E-state index in [-0.39, 0.29) is 11.3 Å².